The number of hydrogen-bond donors (Lipinski definition) is 2. The first-order valence-electron chi connectivity index (χ1n) is 7.43. The molecule has 1 atom stereocenters. The molecule has 23 heavy (non-hydrogen) atoms. The first kappa shape index (κ1) is 16.7. The van der Waals surface area contributed by atoms with Crippen LogP contribution in [0.25, 0.3) is 0 Å². The largest absolute Gasteiger partial charge is 0.461 e. The Kier molecular flexibility index (Phi) is 6.32. The van der Waals surface area contributed by atoms with Gasteiger partial charge in [-0.05, 0) is 11.1 Å². The fraction of sp³-hybridized carbons (Fsp3) is 0.222. The number of rotatable bonds is 7. The fourth-order valence-electron chi connectivity index (χ4n) is 2.15. The highest BCUT2D eigenvalue weighted by atomic mass is 16.5. The summed E-state index contributed by atoms with van der Waals surface area (Å²) < 4.78 is 5.27. The lowest BCUT2D eigenvalue weighted by atomic mass is 10.0. The third-order valence-electron chi connectivity index (χ3n) is 3.34. The molecule has 0 bridgehead atoms. The molecule has 2 aromatic rings. The predicted octanol–water partition coefficient (Wildman–Crippen LogP) is 1.94. The molecule has 0 radical (unpaired) electrons. The topological polar surface area (TPSA) is 81.4 Å². The fourth-order valence-corrected chi connectivity index (χ4v) is 2.15. The first-order chi connectivity index (χ1) is 11.2. The molecule has 0 fully saturated rings. The van der Waals surface area contributed by atoms with Gasteiger partial charge in [-0.3, -0.25) is 9.59 Å². The van der Waals surface area contributed by atoms with E-state index in [1.165, 1.54) is 0 Å². The first-order valence-corrected chi connectivity index (χ1v) is 7.43. The summed E-state index contributed by atoms with van der Waals surface area (Å²) in [4.78, 5) is 23.6. The van der Waals surface area contributed by atoms with E-state index in [2.05, 4.69) is 5.32 Å². The Morgan fingerprint density at radius 1 is 1.00 bits per heavy atom. The van der Waals surface area contributed by atoms with Gasteiger partial charge in [0.2, 0.25) is 5.91 Å². The van der Waals surface area contributed by atoms with Crippen molar-refractivity contribution in [3.8, 4) is 0 Å². The molecule has 0 saturated heterocycles. The van der Waals surface area contributed by atoms with Crippen LogP contribution in [0.4, 0.5) is 0 Å². The van der Waals surface area contributed by atoms with Crippen molar-refractivity contribution in [3.05, 3.63) is 71.8 Å². The highest BCUT2D eigenvalue weighted by Gasteiger charge is 2.18. The predicted molar refractivity (Wildman–Crippen MR) is 87.2 cm³/mol. The van der Waals surface area contributed by atoms with Crippen molar-refractivity contribution >= 4 is 11.9 Å². The number of nitrogens with two attached hydrogens (primary N) is 1. The lowest BCUT2D eigenvalue weighted by Crippen LogP contribution is -2.35. The highest BCUT2D eigenvalue weighted by molar-refractivity contribution is 5.79. The van der Waals surface area contributed by atoms with Crippen molar-refractivity contribution in [1.29, 1.82) is 0 Å². The standard InChI is InChI=1S/C18H20N2O3/c19-12-17(21)20-16(15-9-5-2-6-10-15)11-18(22)23-13-14-7-3-1-4-8-14/h1-10,16H,11-13,19H2,(H,20,21). The molecule has 1 amide bonds. The second kappa shape index (κ2) is 8.70. The summed E-state index contributed by atoms with van der Waals surface area (Å²) >= 11 is 0. The normalized spacial score (nSPS) is 11.5. The smallest absolute Gasteiger partial charge is 0.308 e. The SMILES string of the molecule is NCC(=O)NC(CC(=O)OCc1ccccc1)c1ccccc1. The van der Waals surface area contributed by atoms with Gasteiger partial charge in [-0.1, -0.05) is 60.7 Å². The minimum absolute atomic E-state index is 0.0581. The van der Waals surface area contributed by atoms with Gasteiger partial charge in [0.25, 0.3) is 0 Å². The van der Waals surface area contributed by atoms with Gasteiger partial charge in [0.1, 0.15) is 6.61 Å². The van der Waals surface area contributed by atoms with Crippen LogP contribution in [0, 0.1) is 0 Å². The zero-order valence-electron chi connectivity index (χ0n) is 12.8. The number of ether oxygens (including phenoxy) is 1. The third-order valence-corrected chi connectivity index (χ3v) is 3.34. The van der Waals surface area contributed by atoms with Gasteiger partial charge in [-0.15, -0.1) is 0 Å². The van der Waals surface area contributed by atoms with Crippen LogP contribution in [-0.2, 0) is 20.9 Å². The average Bonchev–Trinajstić information content (AvgIpc) is 2.61. The van der Waals surface area contributed by atoms with Gasteiger partial charge in [0, 0.05) is 0 Å². The molecular weight excluding hydrogens is 292 g/mol. The molecule has 0 saturated carbocycles. The van der Waals surface area contributed by atoms with Crippen molar-refractivity contribution < 1.29 is 14.3 Å². The number of amides is 1. The number of hydrogen-bond acceptors (Lipinski definition) is 4. The Hall–Kier alpha value is -2.66. The van der Waals surface area contributed by atoms with E-state index in [4.69, 9.17) is 10.5 Å². The molecule has 0 aliphatic heterocycles. The molecule has 0 spiro atoms. The molecule has 5 heteroatoms. The number of benzene rings is 2. The monoisotopic (exact) mass is 312 g/mol. The number of carbonyl (C=O) groups excluding carboxylic acids is 2. The Morgan fingerprint density at radius 3 is 2.22 bits per heavy atom. The van der Waals surface area contributed by atoms with Gasteiger partial charge >= 0.3 is 5.97 Å². The molecule has 2 aromatic carbocycles. The molecule has 0 aliphatic rings. The van der Waals surface area contributed by atoms with Crippen molar-refractivity contribution in [2.75, 3.05) is 6.54 Å². The Balaban J connectivity index is 1.96. The van der Waals surface area contributed by atoms with Crippen LogP contribution in [-0.4, -0.2) is 18.4 Å². The minimum Gasteiger partial charge on any atom is -0.461 e. The molecule has 3 N–H and O–H groups in total. The van der Waals surface area contributed by atoms with Gasteiger partial charge in [-0.2, -0.15) is 0 Å². The molecule has 5 nitrogen and oxygen atoms in total. The van der Waals surface area contributed by atoms with Crippen LogP contribution >= 0.6 is 0 Å². The van der Waals surface area contributed by atoms with Gasteiger partial charge in [0.05, 0.1) is 19.0 Å². The molecule has 0 aliphatic carbocycles. The molecule has 120 valence electrons. The summed E-state index contributed by atoms with van der Waals surface area (Å²) in [6, 6.07) is 18.3. The summed E-state index contributed by atoms with van der Waals surface area (Å²) in [5, 5.41) is 2.75. The zero-order chi connectivity index (χ0) is 16.5. The third kappa shape index (κ3) is 5.56. The van der Waals surface area contributed by atoms with E-state index >= 15 is 0 Å². The van der Waals surface area contributed by atoms with E-state index < -0.39 is 6.04 Å². The zero-order valence-corrected chi connectivity index (χ0v) is 12.8. The van der Waals surface area contributed by atoms with E-state index in [0.717, 1.165) is 11.1 Å². The number of nitrogens with one attached hydrogen (secondary N) is 1. The van der Waals surface area contributed by atoms with Gasteiger partial charge < -0.3 is 15.8 Å². The van der Waals surface area contributed by atoms with Crippen molar-refractivity contribution in [1.82, 2.24) is 5.32 Å². The molecule has 0 heterocycles. The molecule has 1 unspecified atom stereocenters. The Bertz CT molecular complexity index is 629. The van der Waals surface area contributed by atoms with Crippen LogP contribution in [0.5, 0.6) is 0 Å². The summed E-state index contributed by atoms with van der Waals surface area (Å²) in [7, 11) is 0. The van der Waals surface area contributed by atoms with E-state index in [0.29, 0.717) is 0 Å². The van der Waals surface area contributed by atoms with Crippen LogP contribution in [0.1, 0.15) is 23.6 Å². The van der Waals surface area contributed by atoms with Gasteiger partial charge in [0.15, 0.2) is 0 Å². The number of esters is 1. The summed E-state index contributed by atoms with van der Waals surface area (Å²) in [6.07, 6.45) is 0.0581. The maximum absolute atomic E-state index is 12.1. The Labute approximate surface area is 135 Å². The minimum atomic E-state index is -0.449. The quantitative estimate of drug-likeness (QED) is 0.766. The maximum atomic E-state index is 12.1. The van der Waals surface area contributed by atoms with Crippen LogP contribution in [0.2, 0.25) is 0 Å². The molecule has 2 rings (SSSR count). The van der Waals surface area contributed by atoms with Crippen molar-refractivity contribution in [2.24, 2.45) is 5.73 Å². The maximum Gasteiger partial charge on any atom is 0.308 e. The summed E-state index contributed by atoms with van der Waals surface area (Å²) in [6.45, 7) is 0.0917. The van der Waals surface area contributed by atoms with Gasteiger partial charge in [-0.25, -0.2) is 0 Å². The highest BCUT2D eigenvalue weighted by Crippen LogP contribution is 2.17. The van der Waals surface area contributed by atoms with E-state index in [-0.39, 0.29) is 31.4 Å². The van der Waals surface area contributed by atoms with E-state index in [1.807, 2.05) is 60.7 Å². The lowest BCUT2D eigenvalue weighted by Gasteiger charge is -2.18. The number of carbonyl (C=O) groups is 2. The van der Waals surface area contributed by atoms with Crippen LogP contribution in [0.3, 0.4) is 0 Å². The second-order valence-electron chi connectivity index (χ2n) is 5.09. The molecule has 0 aromatic heterocycles. The van der Waals surface area contributed by atoms with Crippen molar-refractivity contribution in [2.45, 2.75) is 19.1 Å². The van der Waals surface area contributed by atoms with E-state index in [9.17, 15) is 9.59 Å². The van der Waals surface area contributed by atoms with Crippen LogP contribution < -0.4 is 11.1 Å². The summed E-state index contributed by atoms with van der Waals surface area (Å²) in [5.74, 6) is -0.685. The lowest BCUT2D eigenvalue weighted by molar-refractivity contribution is -0.145. The van der Waals surface area contributed by atoms with Crippen molar-refractivity contribution in [3.63, 3.8) is 0 Å². The average molecular weight is 312 g/mol. The second-order valence-corrected chi connectivity index (χ2v) is 5.09. The van der Waals surface area contributed by atoms with Crippen LogP contribution in [0.15, 0.2) is 60.7 Å². The van der Waals surface area contributed by atoms with E-state index in [1.54, 1.807) is 0 Å². The Morgan fingerprint density at radius 2 is 1.61 bits per heavy atom. The molecular formula is C18H20N2O3. The summed E-state index contributed by atoms with van der Waals surface area (Å²) in [5.41, 5.74) is 7.09.